The van der Waals surface area contributed by atoms with E-state index in [4.69, 9.17) is 4.74 Å². The minimum absolute atomic E-state index is 0.0202. The van der Waals surface area contributed by atoms with E-state index in [9.17, 15) is 9.50 Å². The highest BCUT2D eigenvalue weighted by Gasteiger charge is 2.30. The number of benzene rings is 1. The smallest absolute Gasteiger partial charge is 0.125 e. The Morgan fingerprint density at radius 2 is 2.00 bits per heavy atom. The van der Waals surface area contributed by atoms with Crippen molar-refractivity contribution in [1.82, 2.24) is 0 Å². The van der Waals surface area contributed by atoms with Crippen molar-refractivity contribution in [2.24, 2.45) is 5.92 Å². The van der Waals surface area contributed by atoms with E-state index in [-0.39, 0.29) is 11.7 Å². The van der Waals surface area contributed by atoms with Gasteiger partial charge in [-0.25, -0.2) is 4.39 Å². The molecule has 0 radical (unpaired) electrons. The molecule has 0 amide bonds. The molecule has 84 valence electrons. The summed E-state index contributed by atoms with van der Waals surface area (Å²) in [6.07, 6.45) is 0. The van der Waals surface area contributed by atoms with Crippen molar-refractivity contribution in [2.45, 2.75) is 26.4 Å². The van der Waals surface area contributed by atoms with E-state index in [1.165, 1.54) is 25.3 Å². The molecule has 0 aliphatic heterocycles. The summed E-state index contributed by atoms with van der Waals surface area (Å²) in [6.45, 7) is 5.42. The molecule has 0 aliphatic carbocycles. The van der Waals surface area contributed by atoms with E-state index in [1.807, 2.05) is 13.8 Å². The minimum Gasteiger partial charge on any atom is -0.496 e. The van der Waals surface area contributed by atoms with Gasteiger partial charge in [0.15, 0.2) is 0 Å². The molecule has 3 heteroatoms. The molecule has 1 aromatic carbocycles. The number of rotatable bonds is 3. The molecule has 0 saturated carbocycles. The Morgan fingerprint density at radius 1 is 1.40 bits per heavy atom. The second-order valence-corrected chi connectivity index (χ2v) is 4.15. The molecule has 15 heavy (non-hydrogen) atoms. The van der Waals surface area contributed by atoms with Crippen LogP contribution >= 0.6 is 0 Å². The number of methoxy groups -OCH3 is 1. The van der Waals surface area contributed by atoms with Crippen LogP contribution in [-0.2, 0) is 5.60 Å². The monoisotopic (exact) mass is 212 g/mol. The lowest BCUT2D eigenvalue weighted by molar-refractivity contribution is 0.00667. The summed E-state index contributed by atoms with van der Waals surface area (Å²) in [5.74, 6) is 0.120. The average molecular weight is 212 g/mol. The Hall–Kier alpha value is -1.09. The van der Waals surface area contributed by atoms with Crippen LogP contribution in [0.5, 0.6) is 5.75 Å². The zero-order valence-corrected chi connectivity index (χ0v) is 9.54. The van der Waals surface area contributed by atoms with Gasteiger partial charge in [0.05, 0.1) is 12.7 Å². The maximum absolute atomic E-state index is 13.1. The standard InChI is InChI=1S/C12H17FO2/c1-8(2)12(3,14)10-7-9(13)5-6-11(10)15-4/h5-8,14H,1-4H3. The predicted octanol–water partition coefficient (Wildman–Crippen LogP) is 2.70. The van der Waals surface area contributed by atoms with Crippen LogP contribution in [0.3, 0.4) is 0 Å². The molecular formula is C12H17FO2. The molecule has 0 heterocycles. The molecule has 1 rings (SSSR count). The Bertz CT molecular complexity index is 345. The number of ether oxygens (including phenoxy) is 1. The van der Waals surface area contributed by atoms with Crippen molar-refractivity contribution in [2.75, 3.05) is 7.11 Å². The fourth-order valence-corrected chi connectivity index (χ4v) is 1.39. The third kappa shape index (κ3) is 2.29. The van der Waals surface area contributed by atoms with Gasteiger partial charge >= 0.3 is 0 Å². The van der Waals surface area contributed by atoms with Crippen LogP contribution in [0.2, 0.25) is 0 Å². The summed E-state index contributed by atoms with van der Waals surface area (Å²) in [4.78, 5) is 0. The fraction of sp³-hybridized carbons (Fsp3) is 0.500. The zero-order valence-electron chi connectivity index (χ0n) is 9.54. The largest absolute Gasteiger partial charge is 0.496 e. The first-order valence-electron chi connectivity index (χ1n) is 4.96. The molecule has 2 nitrogen and oxygen atoms in total. The van der Waals surface area contributed by atoms with Gasteiger partial charge < -0.3 is 9.84 Å². The van der Waals surface area contributed by atoms with Crippen LogP contribution in [0.25, 0.3) is 0 Å². The average Bonchev–Trinajstić information content (AvgIpc) is 2.17. The summed E-state index contributed by atoms with van der Waals surface area (Å²) in [7, 11) is 1.51. The van der Waals surface area contributed by atoms with E-state index in [1.54, 1.807) is 6.92 Å². The van der Waals surface area contributed by atoms with E-state index in [0.29, 0.717) is 11.3 Å². The maximum Gasteiger partial charge on any atom is 0.125 e. The summed E-state index contributed by atoms with van der Waals surface area (Å²) in [6, 6.07) is 4.17. The van der Waals surface area contributed by atoms with Crippen molar-refractivity contribution in [3.05, 3.63) is 29.6 Å². The van der Waals surface area contributed by atoms with Crippen LogP contribution in [0.4, 0.5) is 4.39 Å². The summed E-state index contributed by atoms with van der Waals surface area (Å²) in [5, 5.41) is 10.3. The third-order valence-corrected chi connectivity index (χ3v) is 2.83. The molecule has 0 aliphatic rings. The van der Waals surface area contributed by atoms with Crippen molar-refractivity contribution in [3.63, 3.8) is 0 Å². The molecule has 1 aromatic rings. The van der Waals surface area contributed by atoms with E-state index in [2.05, 4.69) is 0 Å². The summed E-state index contributed by atoms with van der Waals surface area (Å²) in [5.41, 5.74) is -0.604. The minimum atomic E-state index is -1.09. The number of hydrogen-bond acceptors (Lipinski definition) is 2. The summed E-state index contributed by atoms with van der Waals surface area (Å²) < 4.78 is 18.2. The molecule has 0 bridgehead atoms. The van der Waals surface area contributed by atoms with Gasteiger partial charge in [0.1, 0.15) is 11.6 Å². The van der Waals surface area contributed by atoms with Gasteiger partial charge in [-0.1, -0.05) is 13.8 Å². The highest BCUT2D eigenvalue weighted by Crippen LogP contribution is 2.35. The lowest BCUT2D eigenvalue weighted by Gasteiger charge is -2.29. The zero-order chi connectivity index (χ0) is 11.6. The van der Waals surface area contributed by atoms with Gasteiger partial charge in [-0.15, -0.1) is 0 Å². The lowest BCUT2D eigenvalue weighted by atomic mass is 9.84. The van der Waals surface area contributed by atoms with Crippen molar-refractivity contribution >= 4 is 0 Å². The molecule has 1 N–H and O–H groups in total. The van der Waals surface area contributed by atoms with Gasteiger partial charge in [0, 0.05) is 5.56 Å². The van der Waals surface area contributed by atoms with Gasteiger partial charge in [0.2, 0.25) is 0 Å². The highest BCUT2D eigenvalue weighted by molar-refractivity contribution is 5.38. The molecule has 0 fully saturated rings. The first kappa shape index (κ1) is 12.0. The Labute approximate surface area is 89.7 Å². The van der Waals surface area contributed by atoms with E-state index in [0.717, 1.165) is 0 Å². The lowest BCUT2D eigenvalue weighted by Crippen LogP contribution is -2.28. The topological polar surface area (TPSA) is 29.5 Å². The van der Waals surface area contributed by atoms with Crippen LogP contribution in [0.1, 0.15) is 26.3 Å². The van der Waals surface area contributed by atoms with Crippen molar-refractivity contribution < 1.29 is 14.2 Å². The van der Waals surface area contributed by atoms with Crippen LogP contribution < -0.4 is 4.74 Å². The van der Waals surface area contributed by atoms with E-state index >= 15 is 0 Å². The van der Waals surface area contributed by atoms with Crippen LogP contribution in [0.15, 0.2) is 18.2 Å². The molecule has 0 saturated heterocycles. The van der Waals surface area contributed by atoms with Gasteiger partial charge in [0.25, 0.3) is 0 Å². The molecule has 0 spiro atoms. The summed E-state index contributed by atoms with van der Waals surface area (Å²) >= 11 is 0. The number of halogens is 1. The third-order valence-electron chi connectivity index (χ3n) is 2.83. The van der Waals surface area contributed by atoms with E-state index < -0.39 is 5.60 Å². The Balaban J connectivity index is 3.28. The number of hydrogen-bond donors (Lipinski definition) is 1. The fourth-order valence-electron chi connectivity index (χ4n) is 1.39. The molecule has 0 aromatic heterocycles. The van der Waals surface area contributed by atoms with Crippen LogP contribution in [-0.4, -0.2) is 12.2 Å². The predicted molar refractivity (Wildman–Crippen MR) is 57.4 cm³/mol. The van der Waals surface area contributed by atoms with Crippen molar-refractivity contribution in [3.8, 4) is 5.75 Å². The highest BCUT2D eigenvalue weighted by atomic mass is 19.1. The van der Waals surface area contributed by atoms with Gasteiger partial charge in [-0.2, -0.15) is 0 Å². The molecular weight excluding hydrogens is 195 g/mol. The second kappa shape index (κ2) is 4.19. The molecule has 1 unspecified atom stereocenters. The second-order valence-electron chi connectivity index (χ2n) is 4.15. The SMILES string of the molecule is COc1ccc(F)cc1C(C)(O)C(C)C. The quantitative estimate of drug-likeness (QED) is 0.834. The molecule has 1 atom stereocenters. The van der Waals surface area contributed by atoms with Gasteiger partial charge in [-0.05, 0) is 31.0 Å². The first-order chi connectivity index (χ1) is 6.89. The van der Waals surface area contributed by atoms with Crippen LogP contribution in [0, 0.1) is 11.7 Å². The van der Waals surface area contributed by atoms with Gasteiger partial charge in [-0.3, -0.25) is 0 Å². The number of aliphatic hydroxyl groups is 1. The maximum atomic E-state index is 13.1. The Morgan fingerprint density at radius 3 is 2.47 bits per heavy atom. The van der Waals surface area contributed by atoms with Crippen molar-refractivity contribution in [1.29, 1.82) is 0 Å². The Kier molecular flexibility index (Phi) is 3.35. The first-order valence-corrected chi connectivity index (χ1v) is 4.96. The normalized spacial score (nSPS) is 15.1.